The molecular formula is C8H7Cl2N3O. The average molecular weight is 232 g/mol. The maximum Gasteiger partial charge on any atom is 0.225 e. The van der Waals surface area contributed by atoms with Crippen molar-refractivity contribution in [1.82, 2.24) is 14.5 Å². The van der Waals surface area contributed by atoms with Gasteiger partial charge in [-0.05, 0) is 17.7 Å². The number of hydrogen-bond acceptors (Lipinski definition) is 3. The first-order valence-electron chi connectivity index (χ1n) is 3.89. The summed E-state index contributed by atoms with van der Waals surface area (Å²) in [6, 6.07) is 1.83. The van der Waals surface area contributed by atoms with Gasteiger partial charge in [0.05, 0.1) is 5.39 Å². The average Bonchev–Trinajstić information content (AvgIpc) is 2.49. The normalized spacial score (nSPS) is 11.1. The van der Waals surface area contributed by atoms with Crippen molar-refractivity contribution in [2.75, 3.05) is 7.11 Å². The van der Waals surface area contributed by atoms with Crippen molar-refractivity contribution in [3.63, 3.8) is 0 Å². The van der Waals surface area contributed by atoms with E-state index in [9.17, 15) is 0 Å². The molecule has 2 heterocycles. The van der Waals surface area contributed by atoms with Gasteiger partial charge in [0.15, 0.2) is 0 Å². The maximum absolute atomic E-state index is 5.89. The molecule has 2 aromatic heterocycles. The Morgan fingerprint density at radius 2 is 2.21 bits per heavy atom. The molecule has 0 spiro atoms. The molecule has 0 unspecified atom stereocenters. The number of rotatable bonds is 2. The standard InChI is InChI=1S/C8H7Cl2N3O/c1-14-4-13-3-2-5-6(9)11-8(10)12-7(5)13/h2-3H,4H2,1H3. The molecule has 0 fully saturated rings. The van der Waals surface area contributed by atoms with Crippen LogP contribution in [0.25, 0.3) is 11.0 Å². The third-order valence-electron chi connectivity index (χ3n) is 1.81. The highest BCUT2D eigenvalue weighted by Gasteiger charge is 2.08. The topological polar surface area (TPSA) is 39.9 Å². The van der Waals surface area contributed by atoms with Crippen molar-refractivity contribution < 1.29 is 4.74 Å². The number of halogens is 2. The Kier molecular flexibility index (Phi) is 2.58. The van der Waals surface area contributed by atoms with E-state index in [4.69, 9.17) is 27.9 Å². The molecule has 0 N–H and O–H groups in total. The smallest absolute Gasteiger partial charge is 0.225 e. The van der Waals surface area contributed by atoms with Gasteiger partial charge < -0.3 is 9.30 Å². The van der Waals surface area contributed by atoms with Gasteiger partial charge in [-0.2, -0.15) is 4.98 Å². The molecule has 0 radical (unpaired) electrons. The van der Waals surface area contributed by atoms with Gasteiger partial charge in [0.25, 0.3) is 0 Å². The molecule has 0 aromatic carbocycles. The summed E-state index contributed by atoms with van der Waals surface area (Å²) in [6.45, 7) is 0.410. The van der Waals surface area contributed by atoms with Crippen LogP contribution in [0.5, 0.6) is 0 Å². The fourth-order valence-corrected chi connectivity index (χ4v) is 1.68. The van der Waals surface area contributed by atoms with Gasteiger partial charge in [0.1, 0.15) is 17.5 Å². The summed E-state index contributed by atoms with van der Waals surface area (Å²) in [5, 5.41) is 1.27. The van der Waals surface area contributed by atoms with Crippen LogP contribution in [0.15, 0.2) is 12.3 Å². The molecule has 4 nitrogen and oxygen atoms in total. The lowest BCUT2D eigenvalue weighted by molar-refractivity contribution is 0.134. The number of nitrogens with zero attached hydrogens (tertiary/aromatic N) is 3. The van der Waals surface area contributed by atoms with Gasteiger partial charge in [0, 0.05) is 13.3 Å². The highest BCUT2D eigenvalue weighted by atomic mass is 35.5. The van der Waals surface area contributed by atoms with E-state index in [-0.39, 0.29) is 5.28 Å². The zero-order valence-electron chi connectivity index (χ0n) is 7.37. The van der Waals surface area contributed by atoms with Crippen LogP contribution in [0.1, 0.15) is 0 Å². The van der Waals surface area contributed by atoms with E-state index < -0.39 is 0 Å². The number of hydrogen-bond donors (Lipinski definition) is 0. The van der Waals surface area contributed by atoms with Crippen LogP contribution in [-0.4, -0.2) is 21.6 Å². The summed E-state index contributed by atoms with van der Waals surface area (Å²) in [5.41, 5.74) is 0.678. The Hall–Kier alpha value is -0.840. The number of ether oxygens (including phenoxy) is 1. The molecule has 2 rings (SSSR count). The number of methoxy groups -OCH3 is 1. The van der Waals surface area contributed by atoms with E-state index >= 15 is 0 Å². The predicted molar refractivity (Wildman–Crippen MR) is 54.6 cm³/mol. The summed E-state index contributed by atoms with van der Waals surface area (Å²) < 4.78 is 6.79. The maximum atomic E-state index is 5.89. The molecule has 0 saturated heterocycles. The number of aromatic nitrogens is 3. The number of fused-ring (bicyclic) bond motifs is 1. The van der Waals surface area contributed by atoms with Crippen LogP contribution >= 0.6 is 23.2 Å². The zero-order chi connectivity index (χ0) is 10.1. The molecule has 6 heteroatoms. The Labute approximate surface area is 90.4 Å². The van der Waals surface area contributed by atoms with Crippen LogP contribution in [0.3, 0.4) is 0 Å². The first-order chi connectivity index (χ1) is 6.72. The van der Waals surface area contributed by atoms with Gasteiger partial charge in [-0.3, -0.25) is 0 Å². The van der Waals surface area contributed by atoms with Crippen molar-refractivity contribution in [3.8, 4) is 0 Å². The van der Waals surface area contributed by atoms with E-state index in [1.165, 1.54) is 0 Å². The molecule has 0 atom stereocenters. The first-order valence-corrected chi connectivity index (χ1v) is 4.65. The Balaban J connectivity index is 2.66. The minimum absolute atomic E-state index is 0.138. The second kappa shape index (κ2) is 3.73. The molecule has 0 aliphatic carbocycles. The second-order valence-corrected chi connectivity index (χ2v) is 3.42. The highest BCUT2D eigenvalue weighted by molar-refractivity contribution is 6.35. The molecule has 0 aliphatic heterocycles. The largest absolute Gasteiger partial charge is 0.364 e. The van der Waals surface area contributed by atoms with Crippen molar-refractivity contribution >= 4 is 34.2 Å². The SMILES string of the molecule is COCn1ccc2c(Cl)nc(Cl)nc21. The third-order valence-corrected chi connectivity index (χ3v) is 2.27. The van der Waals surface area contributed by atoms with E-state index in [0.29, 0.717) is 17.5 Å². The first kappa shape index (κ1) is 9.71. The molecule has 74 valence electrons. The van der Waals surface area contributed by atoms with Crippen molar-refractivity contribution in [2.24, 2.45) is 0 Å². The quantitative estimate of drug-likeness (QED) is 0.589. The molecule has 14 heavy (non-hydrogen) atoms. The fraction of sp³-hybridized carbons (Fsp3) is 0.250. The monoisotopic (exact) mass is 231 g/mol. The minimum atomic E-state index is 0.138. The van der Waals surface area contributed by atoms with Crippen LogP contribution in [0, 0.1) is 0 Å². The summed E-state index contributed by atoms with van der Waals surface area (Å²) in [6.07, 6.45) is 1.82. The van der Waals surface area contributed by atoms with E-state index in [0.717, 1.165) is 5.39 Å². The summed E-state index contributed by atoms with van der Waals surface area (Å²) >= 11 is 11.6. The van der Waals surface area contributed by atoms with E-state index in [1.54, 1.807) is 11.7 Å². The summed E-state index contributed by atoms with van der Waals surface area (Å²) in [4.78, 5) is 7.91. The van der Waals surface area contributed by atoms with Gasteiger partial charge in [-0.1, -0.05) is 11.6 Å². The van der Waals surface area contributed by atoms with Crippen molar-refractivity contribution in [3.05, 3.63) is 22.7 Å². The van der Waals surface area contributed by atoms with Gasteiger partial charge in [-0.15, -0.1) is 0 Å². The van der Waals surface area contributed by atoms with E-state index in [2.05, 4.69) is 9.97 Å². The predicted octanol–water partition coefficient (Wildman–Crippen LogP) is 2.34. The van der Waals surface area contributed by atoms with Crippen LogP contribution in [-0.2, 0) is 11.5 Å². The lowest BCUT2D eigenvalue weighted by atomic mass is 10.4. The van der Waals surface area contributed by atoms with Gasteiger partial charge in [0.2, 0.25) is 5.28 Å². The fourth-order valence-electron chi connectivity index (χ4n) is 1.25. The molecule has 2 aromatic rings. The molecule has 0 aliphatic rings. The van der Waals surface area contributed by atoms with Crippen LogP contribution < -0.4 is 0 Å². The lowest BCUT2D eigenvalue weighted by Gasteiger charge is -2.02. The summed E-state index contributed by atoms with van der Waals surface area (Å²) in [5.74, 6) is 0. The highest BCUT2D eigenvalue weighted by Crippen LogP contribution is 2.22. The third kappa shape index (κ3) is 1.56. The molecular weight excluding hydrogens is 225 g/mol. The molecule has 0 amide bonds. The Morgan fingerprint density at radius 1 is 1.43 bits per heavy atom. The summed E-state index contributed by atoms with van der Waals surface area (Å²) in [7, 11) is 1.61. The molecule has 0 bridgehead atoms. The van der Waals surface area contributed by atoms with E-state index in [1.807, 2.05) is 12.3 Å². The van der Waals surface area contributed by atoms with Gasteiger partial charge >= 0.3 is 0 Å². The molecule has 0 saturated carbocycles. The van der Waals surface area contributed by atoms with Crippen molar-refractivity contribution in [2.45, 2.75) is 6.73 Å². The Morgan fingerprint density at radius 3 is 2.93 bits per heavy atom. The lowest BCUT2D eigenvalue weighted by Crippen LogP contribution is -1.99. The van der Waals surface area contributed by atoms with Crippen molar-refractivity contribution in [1.29, 1.82) is 0 Å². The minimum Gasteiger partial charge on any atom is -0.364 e. The van der Waals surface area contributed by atoms with Crippen LogP contribution in [0.2, 0.25) is 10.4 Å². The zero-order valence-corrected chi connectivity index (χ0v) is 8.88. The van der Waals surface area contributed by atoms with Crippen LogP contribution in [0.4, 0.5) is 0 Å². The Bertz CT molecular complexity index is 469. The second-order valence-electron chi connectivity index (χ2n) is 2.72. The van der Waals surface area contributed by atoms with Gasteiger partial charge in [-0.25, -0.2) is 4.98 Å².